The van der Waals surface area contributed by atoms with Crippen LogP contribution >= 0.6 is 11.6 Å². The molecule has 0 aliphatic rings. The van der Waals surface area contributed by atoms with E-state index < -0.39 is 0 Å². The molecule has 0 aromatic carbocycles. The molecule has 0 radical (unpaired) electrons. The van der Waals surface area contributed by atoms with Gasteiger partial charge in [0.15, 0.2) is 0 Å². The van der Waals surface area contributed by atoms with E-state index in [0.717, 1.165) is 18.5 Å². The number of hydrogen-bond acceptors (Lipinski definition) is 2. The predicted molar refractivity (Wildman–Crippen MR) is 66.8 cm³/mol. The van der Waals surface area contributed by atoms with E-state index in [9.17, 15) is 0 Å². The molecule has 1 aromatic rings. The zero-order chi connectivity index (χ0) is 12.1. The zero-order valence-electron chi connectivity index (χ0n) is 10.5. The van der Waals surface area contributed by atoms with E-state index in [-0.39, 0.29) is 6.10 Å². The highest BCUT2D eigenvalue weighted by Crippen LogP contribution is 2.19. The second-order valence-electron chi connectivity index (χ2n) is 4.19. The first-order valence-electron chi connectivity index (χ1n) is 5.93. The minimum Gasteiger partial charge on any atom is -0.372 e. The Morgan fingerprint density at radius 2 is 2.06 bits per heavy atom. The fourth-order valence-corrected chi connectivity index (χ4v) is 1.45. The number of ether oxygens (including phenoxy) is 1. The molecule has 92 valence electrons. The van der Waals surface area contributed by atoms with E-state index in [4.69, 9.17) is 16.3 Å². The number of halogens is 1. The van der Waals surface area contributed by atoms with Gasteiger partial charge in [-0.15, -0.1) is 0 Å². The Morgan fingerprint density at radius 3 is 2.62 bits per heavy atom. The fraction of sp³-hybridized carbons (Fsp3) is 0.750. The molecule has 0 aliphatic heterocycles. The van der Waals surface area contributed by atoms with Crippen molar-refractivity contribution in [2.45, 2.75) is 59.3 Å². The minimum atomic E-state index is 0.254. The zero-order valence-corrected chi connectivity index (χ0v) is 11.3. The van der Waals surface area contributed by atoms with Crippen LogP contribution in [-0.2, 0) is 11.3 Å². The first-order chi connectivity index (χ1) is 7.58. The lowest BCUT2D eigenvalue weighted by Gasteiger charge is -2.10. The van der Waals surface area contributed by atoms with Crippen LogP contribution in [0, 0.1) is 0 Å². The van der Waals surface area contributed by atoms with E-state index in [1.165, 1.54) is 0 Å². The van der Waals surface area contributed by atoms with Crippen molar-refractivity contribution in [2.75, 3.05) is 0 Å². The summed E-state index contributed by atoms with van der Waals surface area (Å²) in [6, 6.07) is 0.384. The maximum atomic E-state index is 6.11. The molecule has 16 heavy (non-hydrogen) atoms. The predicted octanol–water partition coefficient (Wildman–Crippen LogP) is 3.82. The van der Waals surface area contributed by atoms with Gasteiger partial charge in [-0.1, -0.05) is 25.4 Å². The second kappa shape index (κ2) is 6.26. The first-order valence-corrected chi connectivity index (χ1v) is 6.31. The van der Waals surface area contributed by atoms with Crippen LogP contribution in [-0.4, -0.2) is 15.9 Å². The minimum absolute atomic E-state index is 0.254. The summed E-state index contributed by atoms with van der Waals surface area (Å²) in [5, 5.41) is 5.14. The Labute approximate surface area is 103 Å². The fourth-order valence-electron chi connectivity index (χ4n) is 1.26. The normalized spacial score (nSPS) is 15.1. The van der Waals surface area contributed by atoms with Gasteiger partial charge >= 0.3 is 0 Å². The Bertz CT molecular complexity index is 325. The highest BCUT2D eigenvalue weighted by Gasteiger charge is 2.11. The molecule has 0 amide bonds. The Hall–Kier alpha value is -0.540. The summed E-state index contributed by atoms with van der Waals surface area (Å²) < 4.78 is 7.54. The SMILES string of the molecule is CC[C@@H](C)OCc1nn([C@@H](C)CC)cc1Cl. The van der Waals surface area contributed by atoms with Gasteiger partial charge in [-0.05, 0) is 26.7 Å². The van der Waals surface area contributed by atoms with Crippen molar-refractivity contribution in [1.29, 1.82) is 0 Å². The quantitative estimate of drug-likeness (QED) is 0.761. The third-order valence-electron chi connectivity index (χ3n) is 2.88. The molecule has 3 nitrogen and oxygen atoms in total. The van der Waals surface area contributed by atoms with Gasteiger partial charge in [0.25, 0.3) is 0 Å². The summed E-state index contributed by atoms with van der Waals surface area (Å²) in [7, 11) is 0. The van der Waals surface area contributed by atoms with Gasteiger partial charge in [0, 0.05) is 12.2 Å². The largest absolute Gasteiger partial charge is 0.372 e. The maximum absolute atomic E-state index is 6.11. The lowest BCUT2D eigenvalue weighted by atomic mass is 10.3. The number of rotatable bonds is 6. The van der Waals surface area contributed by atoms with Crippen LogP contribution in [0.1, 0.15) is 52.3 Å². The Kier molecular flexibility index (Phi) is 5.29. The van der Waals surface area contributed by atoms with Gasteiger partial charge in [-0.3, -0.25) is 4.68 Å². The van der Waals surface area contributed by atoms with Crippen molar-refractivity contribution < 1.29 is 4.74 Å². The lowest BCUT2D eigenvalue weighted by Crippen LogP contribution is -2.08. The summed E-state index contributed by atoms with van der Waals surface area (Å²) in [5.41, 5.74) is 0.835. The molecule has 4 heteroatoms. The summed E-state index contributed by atoms with van der Waals surface area (Å²) in [4.78, 5) is 0. The number of nitrogens with zero attached hydrogens (tertiary/aromatic N) is 2. The van der Waals surface area contributed by atoms with Crippen LogP contribution in [0.2, 0.25) is 5.02 Å². The Balaban J connectivity index is 2.63. The van der Waals surface area contributed by atoms with E-state index in [0.29, 0.717) is 17.7 Å². The van der Waals surface area contributed by atoms with Gasteiger partial charge in [-0.25, -0.2) is 0 Å². The monoisotopic (exact) mass is 244 g/mol. The summed E-state index contributed by atoms with van der Waals surface area (Å²) >= 11 is 6.11. The van der Waals surface area contributed by atoms with E-state index in [1.54, 1.807) is 0 Å². The standard InChI is InChI=1S/C12H21ClN2O/c1-5-9(3)15-7-11(13)12(14-15)8-16-10(4)6-2/h7,9-10H,5-6,8H2,1-4H3/t9-,10+/m0/s1. The molecule has 1 heterocycles. The van der Waals surface area contributed by atoms with Crippen LogP contribution < -0.4 is 0 Å². The van der Waals surface area contributed by atoms with Crippen LogP contribution in [0.5, 0.6) is 0 Å². The molecule has 2 atom stereocenters. The maximum Gasteiger partial charge on any atom is 0.107 e. The van der Waals surface area contributed by atoms with Crippen molar-refractivity contribution in [2.24, 2.45) is 0 Å². The average Bonchev–Trinajstić information content (AvgIpc) is 2.66. The summed E-state index contributed by atoms with van der Waals surface area (Å²) in [5.74, 6) is 0. The van der Waals surface area contributed by atoms with Gasteiger partial charge in [0.2, 0.25) is 0 Å². The third-order valence-corrected chi connectivity index (χ3v) is 3.20. The van der Waals surface area contributed by atoms with Crippen molar-refractivity contribution in [1.82, 2.24) is 9.78 Å². The van der Waals surface area contributed by atoms with Gasteiger partial charge in [0.1, 0.15) is 5.69 Å². The van der Waals surface area contributed by atoms with E-state index >= 15 is 0 Å². The molecule has 0 bridgehead atoms. The third kappa shape index (κ3) is 3.49. The lowest BCUT2D eigenvalue weighted by molar-refractivity contribution is 0.0485. The molecule has 0 aliphatic carbocycles. The molecule has 1 rings (SSSR count). The highest BCUT2D eigenvalue weighted by atomic mass is 35.5. The average molecular weight is 245 g/mol. The Morgan fingerprint density at radius 1 is 1.38 bits per heavy atom. The van der Waals surface area contributed by atoms with Gasteiger partial charge in [0.05, 0.1) is 17.7 Å². The number of hydrogen-bond donors (Lipinski definition) is 0. The van der Waals surface area contributed by atoms with Crippen LogP contribution in [0.4, 0.5) is 0 Å². The van der Waals surface area contributed by atoms with Crippen molar-refractivity contribution >= 4 is 11.6 Å². The van der Waals surface area contributed by atoms with Crippen LogP contribution in [0.25, 0.3) is 0 Å². The smallest absolute Gasteiger partial charge is 0.107 e. The molecular weight excluding hydrogens is 224 g/mol. The molecule has 0 unspecified atom stereocenters. The summed E-state index contributed by atoms with van der Waals surface area (Å²) in [6.07, 6.45) is 4.18. The van der Waals surface area contributed by atoms with Gasteiger partial charge in [-0.2, -0.15) is 5.10 Å². The summed E-state index contributed by atoms with van der Waals surface area (Å²) in [6.45, 7) is 8.92. The molecular formula is C12H21ClN2O. The second-order valence-corrected chi connectivity index (χ2v) is 4.60. The van der Waals surface area contributed by atoms with Crippen LogP contribution in [0.15, 0.2) is 6.20 Å². The molecule has 0 saturated carbocycles. The van der Waals surface area contributed by atoms with Crippen LogP contribution in [0.3, 0.4) is 0 Å². The van der Waals surface area contributed by atoms with Crippen molar-refractivity contribution in [3.63, 3.8) is 0 Å². The van der Waals surface area contributed by atoms with Gasteiger partial charge < -0.3 is 4.74 Å². The van der Waals surface area contributed by atoms with Crippen molar-refractivity contribution in [3.8, 4) is 0 Å². The molecule has 0 spiro atoms. The van der Waals surface area contributed by atoms with E-state index in [1.807, 2.05) is 10.9 Å². The molecule has 1 aromatic heterocycles. The number of aromatic nitrogens is 2. The molecule has 0 fully saturated rings. The molecule has 0 N–H and O–H groups in total. The topological polar surface area (TPSA) is 27.1 Å². The van der Waals surface area contributed by atoms with Crippen molar-refractivity contribution in [3.05, 3.63) is 16.9 Å². The first kappa shape index (κ1) is 13.5. The molecule has 0 saturated heterocycles. The van der Waals surface area contributed by atoms with E-state index in [2.05, 4.69) is 32.8 Å². The highest BCUT2D eigenvalue weighted by molar-refractivity contribution is 6.31.